The van der Waals surface area contributed by atoms with Gasteiger partial charge < -0.3 is 4.74 Å². The highest BCUT2D eigenvalue weighted by molar-refractivity contribution is 5.39. The van der Waals surface area contributed by atoms with E-state index in [9.17, 15) is 0 Å². The van der Waals surface area contributed by atoms with E-state index in [1.165, 1.54) is 16.7 Å². The first-order chi connectivity index (χ1) is 8.68. The molecule has 0 heterocycles. The fraction of sp³-hybridized carbons (Fsp3) is 0.647. The van der Waals surface area contributed by atoms with Gasteiger partial charge in [-0.15, -0.1) is 0 Å². The van der Waals surface area contributed by atoms with E-state index in [2.05, 4.69) is 65.1 Å². The van der Waals surface area contributed by atoms with Gasteiger partial charge in [-0.2, -0.15) is 0 Å². The Hall–Kier alpha value is -0.860. The molecule has 1 aromatic rings. The summed E-state index contributed by atoms with van der Waals surface area (Å²) in [5, 5.41) is 3.34. The molecule has 2 heteroatoms. The Balaban J connectivity index is 3.04. The van der Waals surface area contributed by atoms with Crippen LogP contribution in [0.3, 0.4) is 0 Å². The third kappa shape index (κ3) is 4.32. The molecule has 1 aromatic carbocycles. The third-order valence-electron chi connectivity index (χ3n) is 3.65. The molecule has 0 spiro atoms. The van der Waals surface area contributed by atoms with Crippen molar-refractivity contribution in [2.24, 2.45) is 0 Å². The van der Waals surface area contributed by atoms with Crippen molar-refractivity contribution in [2.75, 3.05) is 20.4 Å². The summed E-state index contributed by atoms with van der Waals surface area (Å²) >= 11 is 0. The second-order valence-corrected chi connectivity index (χ2v) is 7.02. The second kappa shape index (κ2) is 6.06. The number of methoxy groups -OCH3 is 1. The monoisotopic (exact) mass is 263 g/mol. The van der Waals surface area contributed by atoms with Crippen molar-refractivity contribution in [2.45, 2.75) is 52.4 Å². The summed E-state index contributed by atoms with van der Waals surface area (Å²) in [5.74, 6) is 0. The van der Waals surface area contributed by atoms with Gasteiger partial charge in [0.2, 0.25) is 0 Å². The van der Waals surface area contributed by atoms with Crippen LogP contribution >= 0.6 is 0 Å². The van der Waals surface area contributed by atoms with Crippen LogP contribution in [-0.2, 0) is 15.6 Å². The van der Waals surface area contributed by atoms with Gasteiger partial charge in [-0.05, 0) is 29.0 Å². The lowest BCUT2D eigenvalue weighted by Gasteiger charge is -2.30. The Morgan fingerprint density at radius 1 is 1.11 bits per heavy atom. The maximum absolute atomic E-state index is 5.07. The zero-order chi connectivity index (χ0) is 14.7. The highest BCUT2D eigenvalue weighted by Crippen LogP contribution is 2.31. The molecule has 108 valence electrons. The molecule has 2 nitrogen and oxygen atoms in total. The number of nitrogens with one attached hydrogen (secondary N) is 1. The van der Waals surface area contributed by atoms with Crippen molar-refractivity contribution in [1.29, 1.82) is 0 Å². The minimum Gasteiger partial charge on any atom is -0.370 e. The molecular weight excluding hydrogens is 234 g/mol. The van der Waals surface area contributed by atoms with E-state index in [0.717, 1.165) is 6.54 Å². The van der Waals surface area contributed by atoms with Gasteiger partial charge in [0, 0.05) is 19.1 Å². The number of rotatable bonds is 5. The van der Waals surface area contributed by atoms with Crippen molar-refractivity contribution >= 4 is 0 Å². The molecule has 1 rings (SSSR count). The Bertz CT molecular complexity index is 416. The SMILES string of the molecule is COCNCC(C)(C)c1cc(C(C)(C)C)ccc1C. The van der Waals surface area contributed by atoms with Gasteiger partial charge in [0.1, 0.15) is 0 Å². The number of aryl methyl sites for hydroxylation is 1. The summed E-state index contributed by atoms with van der Waals surface area (Å²) in [4.78, 5) is 0. The lowest BCUT2D eigenvalue weighted by atomic mass is 9.77. The molecule has 1 N–H and O–H groups in total. The molecule has 0 bridgehead atoms. The van der Waals surface area contributed by atoms with E-state index in [4.69, 9.17) is 4.74 Å². The fourth-order valence-corrected chi connectivity index (χ4v) is 2.38. The molecule has 0 aliphatic rings. The minimum atomic E-state index is 0.101. The third-order valence-corrected chi connectivity index (χ3v) is 3.65. The smallest absolute Gasteiger partial charge is 0.0961 e. The first kappa shape index (κ1) is 16.2. The largest absolute Gasteiger partial charge is 0.370 e. The van der Waals surface area contributed by atoms with Crippen molar-refractivity contribution in [3.63, 3.8) is 0 Å². The summed E-state index contributed by atoms with van der Waals surface area (Å²) in [6, 6.07) is 6.86. The lowest BCUT2D eigenvalue weighted by molar-refractivity contribution is 0.169. The van der Waals surface area contributed by atoms with Crippen LogP contribution in [0.4, 0.5) is 0 Å². The topological polar surface area (TPSA) is 21.3 Å². The highest BCUT2D eigenvalue weighted by atomic mass is 16.5. The van der Waals surface area contributed by atoms with E-state index in [1.807, 2.05) is 0 Å². The van der Waals surface area contributed by atoms with Gasteiger partial charge in [0.25, 0.3) is 0 Å². The Morgan fingerprint density at radius 3 is 2.26 bits per heavy atom. The molecule has 19 heavy (non-hydrogen) atoms. The summed E-state index contributed by atoms with van der Waals surface area (Å²) in [7, 11) is 1.71. The molecule has 0 aromatic heterocycles. The zero-order valence-corrected chi connectivity index (χ0v) is 13.6. The number of ether oxygens (including phenoxy) is 1. The minimum absolute atomic E-state index is 0.101. The normalized spacial score (nSPS) is 12.8. The molecule has 0 radical (unpaired) electrons. The molecule has 0 amide bonds. The van der Waals surface area contributed by atoms with E-state index in [0.29, 0.717) is 6.73 Å². The van der Waals surface area contributed by atoms with Crippen molar-refractivity contribution in [3.05, 3.63) is 34.9 Å². The average Bonchev–Trinajstić information content (AvgIpc) is 2.27. The molecule has 0 saturated heterocycles. The molecule has 0 fully saturated rings. The lowest BCUT2D eigenvalue weighted by Crippen LogP contribution is -2.34. The molecule has 0 aliphatic carbocycles. The van der Waals surface area contributed by atoms with E-state index >= 15 is 0 Å². The highest BCUT2D eigenvalue weighted by Gasteiger charge is 2.24. The van der Waals surface area contributed by atoms with Gasteiger partial charge in [0.05, 0.1) is 6.73 Å². The molecular formula is C17H29NO. The average molecular weight is 263 g/mol. The van der Waals surface area contributed by atoms with Gasteiger partial charge in [-0.25, -0.2) is 0 Å². The van der Waals surface area contributed by atoms with Crippen molar-refractivity contribution < 1.29 is 4.74 Å². The van der Waals surface area contributed by atoms with Gasteiger partial charge in [0.15, 0.2) is 0 Å². The quantitative estimate of drug-likeness (QED) is 0.645. The van der Waals surface area contributed by atoms with Crippen LogP contribution in [0.2, 0.25) is 0 Å². The van der Waals surface area contributed by atoms with Crippen LogP contribution in [0.1, 0.15) is 51.3 Å². The maximum atomic E-state index is 5.07. The van der Waals surface area contributed by atoms with Crippen LogP contribution < -0.4 is 5.32 Å². The summed E-state index contributed by atoms with van der Waals surface area (Å²) < 4.78 is 5.07. The summed E-state index contributed by atoms with van der Waals surface area (Å²) in [5.41, 5.74) is 4.47. The first-order valence-electron chi connectivity index (χ1n) is 7.00. The first-order valence-corrected chi connectivity index (χ1v) is 7.00. The number of hydrogen-bond donors (Lipinski definition) is 1. The second-order valence-electron chi connectivity index (χ2n) is 7.02. The summed E-state index contributed by atoms with van der Waals surface area (Å²) in [6.45, 7) is 15.1. The van der Waals surface area contributed by atoms with Gasteiger partial charge in [-0.3, -0.25) is 5.32 Å². The zero-order valence-electron chi connectivity index (χ0n) is 13.6. The molecule has 0 aliphatic heterocycles. The predicted molar refractivity (Wildman–Crippen MR) is 82.8 cm³/mol. The summed E-state index contributed by atoms with van der Waals surface area (Å²) in [6.07, 6.45) is 0. The van der Waals surface area contributed by atoms with E-state index < -0.39 is 0 Å². The fourth-order valence-electron chi connectivity index (χ4n) is 2.38. The molecule has 0 saturated carbocycles. The van der Waals surface area contributed by atoms with Crippen molar-refractivity contribution in [1.82, 2.24) is 5.32 Å². The van der Waals surface area contributed by atoms with Crippen LogP contribution in [0.25, 0.3) is 0 Å². The van der Waals surface area contributed by atoms with Crippen molar-refractivity contribution in [3.8, 4) is 0 Å². The maximum Gasteiger partial charge on any atom is 0.0961 e. The standard InChI is InChI=1S/C17H29NO/c1-13-8-9-14(16(2,3)4)10-15(13)17(5,6)11-18-12-19-7/h8-10,18H,11-12H2,1-7H3. The molecule has 0 unspecified atom stereocenters. The van der Waals surface area contributed by atoms with Crippen LogP contribution in [0, 0.1) is 6.92 Å². The van der Waals surface area contributed by atoms with E-state index in [-0.39, 0.29) is 10.8 Å². The Kier molecular flexibility index (Phi) is 5.17. The van der Waals surface area contributed by atoms with Crippen LogP contribution in [0.5, 0.6) is 0 Å². The van der Waals surface area contributed by atoms with E-state index in [1.54, 1.807) is 7.11 Å². The van der Waals surface area contributed by atoms with Crippen LogP contribution in [-0.4, -0.2) is 20.4 Å². The van der Waals surface area contributed by atoms with Gasteiger partial charge >= 0.3 is 0 Å². The Morgan fingerprint density at radius 2 is 1.74 bits per heavy atom. The Labute approximate surface area is 118 Å². The number of hydrogen-bond acceptors (Lipinski definition) is 2. The predicted octanol–water partition coefficient (Wildman–Crippen LogP) is 3.76. The van der Waals surface area contributed by atoms with Crippen LogP contribution in [0.15, 0.2) is 18.2 Å². The number of benzene rings is 1. The molecule has 0 atom stereocenters. The van der Waals surface area contributed by atoms with Gasteiger partial charge in [-0.1, -0.05) is 52.8 Å².